The molecule has 0 aliphatic carbocycles. The predicted molar refractivity (Wildman–Crippen MR) is 114 cm³/mol. The third kappa shape index (κ3) is 4.09. The second-order valence-electron chi connectivity index (χ2n) is 8.05. The van der Waals surface area contributed by atoms with E-state index in [2.05, 4.69) is 13.0 Å². The van der Waals surface area contributed by atoms with E-state index in [0.717, 1.165) is 36.9 Å². The van der Waals surface area contributed by atoms with E-state index in [1.807, 2.05) is 35.2 Å². The van der Waals surface area contributed by atoms with E-state index in [4.69, 9.17) is 0 Å². The van der Waals surface area contributed by atoms with Gasteiger partial charge in [0.15, 0.2) is 0 Å². The van der Waals surface area contributed by atoms with Gasteiger partial charge in [-0.25, -0.2) is 8.42 Å². The Kier molecular flexibility index (Phi) is 5.74. The van der Waals surface area contributed by atoms with Crippen LogP contribution in [0.4, 0.5) is 5.69 Å². The van der Waals surface area contributed by atoms with Crippen molar-refractivity contribution < 1.29 is 13.2 Å². The van der Waals surface area contributed by atoms with Crippen LogP contribution in [0.25, 0.3) is 0 Å². The highest BCUT2D eigenvalue weighted by atomic mass is 32.2. The third-order valence-corrected chi connectivity index (χ3v) is 7.89. The number of rotatable bonds is 5. The van der Waals surface area contributed by atoms with Gasteiger partial charge in [-0.05, 0) is 61.9 Å². The molecule has 1 fully saturated rings. The zero-order valence-electron chi connectivity index (χ0n) is 16.9. The van der Waals surface area contributed by atoms with Crippen molar-refractivity contribution in [1.82, 2.24) is 4.31 Å². The highest BCUT2D eigenvalue weighted by Gasteiger charge is 2.30. The summed E-state index contributed by atoms with van der Waals surface area (Å²) in [6.07, 6.45) is 4.87. The van der Waals surface area contributed by atoms with Crippen molar-refractivity contribution in [2.75, 3.05) is 18.0 Å². The smallest absolute Gasteiger partial charge is 0.243 e. The van der Waals surface area contributed by atoms with Crippen LogP contribution in [0.15, 0.2) is 53.4 Å². The molecule has 0 aromatic heterocycles. The standard InChI is InChI=1S/C23H28N2O3S/c1-18-17-20-7-3-4-8-22(20)25(18)23(26)14-11-19-9-12-21(13-10-19)29(27,28)24-15-5-2-6-16-24/h3-4,7-10,12-13,18H,2,5-6,11,14-17H2,1H3/t18-/m1/s1. The Morgan fingerprint density at radius 1 is 1.00 bits per heavy atom. The van der Waals surface area contributed by atoms with Gasteiger partial charge in [0.2, 0.25) is 15.9 Å². The molecule has 5 nitrogen and oxygen atoms in total. The molecule has 2 aliphatic heterocycles. The minimum atomic E-state index is -3.41. The number of sulfonamides is 1. The van der Waals surface area contributed by atoms with Crippen LogP contribution in [0, 0.1) is 0 Å². The van der Waals surface area contributed by atoms with Gasteiger partial charge in [0.25, 0.3) is 0 Å². The molecule has 1 atom stereocenters. The molecule has 1 amide bonds. The Morgan fingerprint density at radius 2 is 1.69 bits per heavy atom. The average Bonchev–Trinajstić information content (AvgIpc) is 3.08. The fraction of sp³-hybridized carbons (Fsp3) is 0.435. The SMILES string of the molecule is C[C@@H]1Cc2ccccc2N1C(=O)CCc1ccc(S(=O)(=O)N2CCCCC2)cc1. The van der Waals surface area contributed by atoms with Crippen molar-refractivity contribution in [3.8, 4) is 0 Å². The van der Waals surface area contributed by atoms with Gasteiger partial charge in [-0.1, -0.05) is 36.8 Å². The molecule has 0 radical (unpaired) electrons. The highest BCUT2D eigenvalue weighted by molar-refractivity contribution is 7.89. The molecule has 2 aliphatic rings. The molecule has 154 valence electrons. The molecule has 1 saturated heterocycles. The molecule has 0 N–H and O–H groups in total. The summed E-state index contributed by atoms with van der Waals surface area (Å²) in [5, 5.41) is 0. The van der Waals surface area contributed by atoms with Crippen LogP contribution < -0.4 is 4.90 Å². The van der Waals surface area contributed by atoms with Gasteiger partial charge in [0, 0.05) is 31.2 Å². The maximum atomic E-state index is 12.8. The lowest BCUT2D eigenvalue weighted by Crippen LogP contribution is -2.36. The molecule has 2 aromatic carbocycles. The van der Waals surface area contributed by atoms with Crippen LogP contribution in [0.3, 0.4) is 0 Å². The Balaban J connectivity index is 1.40. The van der Waals surface area contributed by atoms with Crippen LogP contribution in [0.2, 0.25) is 0 Å². The van der Waals surface area contributed by atoms with Crippen LogP contribution in [0.5, 0.6) is 0 Å². The zero-order chi connectivity index (χ0) is 20.4. The summed E-state index contributed by atoms with van der Waals surface area (Å²) in [5.41, 5.74) is 3.23. The Hall–Kier alpha value is -2.18. The number of benzene rings is 2. The number of piperidine rings is 1. The van der Waals surface area contributed by atoms with E-state index in [1.165, 1.54) is 5.56 Å². The normalized spacial score (nSPS) is 19.9. The number of fused-ring (bicyclic) bond motifs is 1. The number of aryl methyl sites for hydroxylation is 1. The number of carbonyl (C=O) groups excluding carboxylic acids is 1. The largest absolute Gasteiger partial charge is 0.309 e. The van der Waals surface area contributed by atoms with Gasteiger partial charge in [-0.3, -0.25) is 4.79 Å². The van der Waals surface area contributed by atoms with Crippen molar-refractivity contribution in [1.29, 1.82) is 0 Å². The van der Waals surface area contributed by atoms with E-state index in [-0.39, 0.29) is 11.9 Å². The number of hydrogen-bond donors (Lipinski definition) is 0. The van der Waals surface area contributed by atoms with Crippen LogP contribution >= 0.6 is 0 Å². The van der Waals surface area contributed by atoms with E-state index in [0.29, 0.717) is 30.8 Å². The maximum Gasteiger partial charge on any atom is 0.243 e. The topological polar surface area (TPSA) is 57.7 Å². The van der Waals surface area contributed by atoms with Crippen molar-refractivity contribution in [3.63, 3.8) is 0 Å². The molecular formula is C23H28N2O3S. The quantitative estimate of drug-likeness (QED) is 0.751. The number of nitrogens with zero attached hydrogens (tertiary/aromatic N) is 2. The van der Waals surface area contributed by atoms with Gasteiger partial charge < -0.3 is 4.90 Å². The van der Waals surface area contributed by atoms with Gasteiger partial charge in [0.05, 0.1) is 4.90 Å². The van der Waals surface area contributed by atoms with Gasteiger partial charge >= 0.3 is 0 Å². The first-order valence-corrected chi connectivity index (χ1v) is 11.9. The number of carbonyl (C=O) groups is 1. The fourth-order valence-corrected chi connectivity index (χ4v) is 5.92. The molecule has 6 heteroatoms. The number of hydrogen-bond acceptors (Lipinski definition) is 3. The lowest BCUT2D eigenvalue weighted by atomic mass is 10.1. The second kappa shape index (κ2) is 8.28. The average molecular weight is 413 g/mol. The lowest BCUT2D eigenvalue weighted by Gasteiger charge is -2.26. The van der Waals surface area contributed by atoms with Gasteiger partial charge in [-0.2, -0.15) is 4.31 Å². The molecule has 0 saturated carbocycles. The first kappa shape index (κ1) is 20.1. The fourth-order valence-electron chi connectivity index (χ4n) is 4.40. The molecule has 2 aromatic rings. The Morgan fingerprint density at radius 3 is 2.41 bits per heavy atom. The van der Waals surface area contributed by atoms with Crippen molar-refractivity contribution >= 4 is 21.6 Å². The zero-order valence-corrected chi connectivity index (χ0v) is 17.7. The van der Waals surface area contributed by atoms with Crippen molar-refractivity contribution in [2.45, 2.75) is 56.4 Å². The monoisotopic (exact) mass is 412 g/mol. The van der Waals surface area contributed by atoms with Gasteiger partial charge in [-0.15, -0.1) is 0 Å². The molecule has 4 rings (SSSR count). The van der Waals surface area contributed by atoms with Crippen LogP contribution in [-0.4, -0.2) is 37.8 Å². The summed E-state index contributed by atoms with van der Waals surface area (Å²) in [6, 6.07) is 15.3. The van der Waals surface area contributed by atoms with Crippen LogP contribution in [0.1, 0.15) is 43.7 Å². The molecule has 29 heavy (non-hydrogen) atoms. The third-order valence-electron chi connectivity index (χ3n) is 5.98. The number of amides is 1. The minimum Gasteiger partial charge on any atom is -0.309 e. The first-order chi connectivity index (χ1) is 14.0. The molecule has 0 unspecified atom stereocenters. The van der Waals surface area contributed by atoms with Gasteiger partial charge in [0.1, 0.15) is 0 Å². The summed E-state index contributed by atoms with van der Waals surface area (Å²) >= 11 is 0. The molecule has 2 heterocycles. The highest BCUT2D eigenvalue weighted by Crippen LogP contribution is 2.32. The van der Waals surface area contributed by atoms with E-state index in [9.17, 15) is 13.2 Å². The number of para-hydroxylation sites is 1. The minimum absolute atomic E-state index is 0.118. The summed E-state index contributed by atoms with van der Waals surface area (Å²) in [7, 11) is -3.41. The molecular weight excluding hydrogens is 384 g/mol. The Labute approximate surface area is 173 Å². The van der Waals surface area contributed by atoms with E-state index in [1.54, 1.807) is 16.4 Å². The van der Waals surface area contributed by atoms with Crippen molar-refractivity contribution in [2.24, 2.45) is 0 Å². The molecule has 0 bridgehead atoms. The van der Waals surface area contributed by atoms with Crippen molar-refractivity contribution in [3.05, 3.63) is 59.7 Å². The number of anilines is 1. The predicted octanol–water partition coefficient (Wildman–Crippen LogP) is 3.77. The molecule has 0 spiro atoms. The van der Waals surface area contributed by atoms with E-state index < -0.39 is 10.0 Å². The summed E-state index contributed by atoms with van der Waals surface area (Å²) in [5.74, 6) is 0.118. The summed E-state index contributed by atoms with van der Waals surface area (Å²) in [6.45, 7) is 3.29. The van der Waals surface area contributed by atoms with Crippen LogP contribution in [-0.2, 0) is 27.7 Å². The lowest BCUT2D eigenvalue weighted by molar-refractivity contribution is -0.118. The first-order valence-electron chi connectivity index (χ1n) is 10.5. The summed E-state index contributed by atoms with van der Waals surface area (Å²) < 4.78 is 27.1. The Bertz CT molecular complexity index is 979. The van der Waals surface area contributed by atoms with E-state index >= 15 is 0 Å². The second-order valence-corrected chi connectivity index (χ2v) is 9.99. The summed E-state index contributed by atoms with van der Waals surface area (Å²) in [4.78, 5) is 15.1. The maximum absolute atomic E-state index is 12.8.